The van der Waals surface area contributed by atoms with Crippen LogP contribution in [0.2, 0.25) is 0 Å². The number of ether oxygens (including phenoxy) is 2. The highest BCUT2D eigenvalue weighted by Gasteiger charge is 1.97. The minimum absolute atomic E-state index is 0.794. The zero-order valence-corrected chi connectivity index (χ0v) is 13.5. The Labute approximate surface area is 133 Å². The van der Waals surface area contributed by atoms with Crippen LogP contribution < -0.4 is 14.8 Å². The first kappa shape index (κ1) is 16.2. The molecular formula is C19H25NO2. The smallest absolute Gasteiger partial charge is 0.119 e. The largest absolute Gasteiger partial charge is 0.497 e. The molecule has 0 heterocycles. The van der Waals surface area contributed by atoms with Gasteiger partial charge in [-0.15, -0.1) is 0 Å². The number of methoxy groups -OCH3 is 1. The van der Waals surface area contributed by atoms with Crippen LogP contribution in [-0.2, 0) is 6.54 Å². The van der Waals surface area contributed by atoms with Crippen molar-refractivity contribution in [3.63, 3.8) is 0 Å². The van der Waals surface area contributed by atoms with Gasteiger partial charge in [-0.1, -0.05) is 31.9 Å². The maximum atomic E-state index is 5.72. The third-order valence-electron chi connectivity index (χ3n) is 3.53. The fourth-order valence-electron chi connectivity index (χ4n) is 2.16. The van der Waals surface area contributed by atoms with Crippen LogP contribution in [0.5, 0.6) is 11.5 Å². The number of benzene rings is 2. The van der Waals surface area contributed by atoms with Crippen molar-refractivity contribution in [2.24, 2.45) is 0 Å². The molecule has 118 valence electrons. The van der Waals surface area contributed by atoms with Crippen LogP contribution >= 0.6 is 0 Å². The maximum absolute atomic E-state index is 5.72. The minimum Gasteiger partial charge on any atom is -0.497 e. The number of nitrogens with one attached hydrogen (secondary N) is 1. The average Bonchev–Trinajstić information content (AvgIpc) is 2.58. The van der Waals surface area contributed by atoms with Crippen molar-refractivity contribution in [3.8, 4) is 11.5 Å². The Balaban J connectivity index is 1.78. The van der Waals surface area contributed by atoms with Gasteiger partial charge in [-0.3, -0.25) is 0 Å². The fourth-order valence-corrected chi connectivity index (χ4v) is 2.16. The van der Waals surface area contributed by atoms with Gasteiger partial charge in [0, 0.05) is 12.2 Å². The van der Waals surface area contributed by atoms with E-state index in [0.29, 0.717) is 0 Å². The normalized spacial score (nSPS) is 10.3. The maximum Gasteiger partial charge on any atom is 0.119 e. The van der Waals surface area contributed by atoms with Gasteiger partial charge in [-0.05, 0) is 48.4 Å². The van der Waals surface area contributed by atoms with Crippen molar-refractivity contribution in [2.75, 3.05) is 19.0 Å². The van der Waals surface area contributed by atoms with Crippen molar-refractivity contribution >= 4 is 5.69 Å². The summed E-state index contributed by atoms with van der Waals surface area (Å²) in [6.45, 7) is 3.80. The number of hydrogen-bond acceptors (Lipinski definition) is 3. The molecule has 0 amide bonds. The van der Waals surface area contributed by atoms with Gasteiger partial charge in [0.2, 0.25) is 0 Å². The summed E-state index contributed by atoms with van der Waals surface area (Å²) in [6.07, 6.45) is 3.57. The average molecular weight is 299 g/mol. The third kappa shape index (κ3) is 5.32. The molecule has 2 aromatic rings. The second-order valence-electron chi connectivity index (χ2n) is 5.28. The van der Waals surface area contributed by atoms with E-state index in [1.54, 1.807) is 7.11 Å². The molecule has 22 heavy (non-hydrogen) atoms. The third-order valence-corrected chi connectivity index (χ3v) is 3.53. The molecule has 2 aromatic carbocycles. The summed E-state index contributed by atoms with van der Waals surface area (Å²) in [6, 6.07) is 16.2. The summed E-state index contributed by atoms with van der Waals surface area (Å²) < 4.78 is 10.9. The molecular weight excluding hydrogens is 274 g/mol. The van der Waals surface area contributed by atoms with Crippen LogP contribution in [0.25, 0.3) is 0 Å². The molecule has 1 N–H and O–H groups in total. The van der Waals surface area contributed by atoms with Crippen molar-refractivity contribution in [1.29, 1.82) is 0 Å². The summed E-state index contributed by atoms with van der Waals surface area (Å²) >= 11 is 0. The Morgan fingerprint density at radius 3 is 2.18 bits per heavy atom. The molecule has 3 heteroatoms. The van der Waals surface area contributed by atoms with E-state index in [2.05, 4.69) is 24.4 Å². The second-order valence-corrected chi connectivity index (χ2v) is 5.28. The van der Waals surface area contributed by atoms with E-state index in [-0.39, 0.29) is 0 Å². The molecule has 0 saturated carbocycles. The molecule has 0 unspecified atom stereocenters. The lowest BCUT2D eigenvalue weighted by atomic mass is 10.2. The second kappa shape index (κ2) is 8.98. The van der Waals surface area contributed by atoms with Gasteiger partial charge < -0.3 is 14.8 Å². The first-order valence-corrected chi connectivity index (χ1v) is 7.91. The van der Waals surface area contributed by atoms with Crippen molar-refractivity contribution in [3.05, 3.63) is 54.1 Å². The van der Waals surface area contributed by atoms with Crippen LogP contribution in [0.4, 0.5) is 5.69 Å². The molecule has 0 aromatic heterocycles. The molecule has 2 rings (SSSR count). The topological polar surface area (TPSA) is 30.5 Å². The molecule has 0 saturated heterocycles. The van der Waals surface area contributed by atoms with Gasteiger partial charge in [0.15, 0.2) is 0 Å². The summed E-state index contributed by atoms with van der Waals surface area (Å²) in [4.78, 5) is 0. The zero-order chi connectivity index (χ0) is 15.6. The molecule has 0 bridgehead atoms. The lowest BCUT2D eigenvalue weighted by Crippen LogP contribution is -2.00. The van der Waals surface area contributed by atoms with Gasteiger partial charge in [-0.25, -0.2) is 0 Å². The first-order chi connectivity index (χ1) is 10.8. The molecule has 0 spiro atoms. The van der Waals surface area contributed by atoms with Crippen LogP contribution in [0.1, 0.15) is 31.7 Å². The van der Waals surface area contributed by atoms with E-state index < -0.39 is 0 Å². The zero-order valence-electron chi connectivity index (χ0n) is 13.5. The standard InChI is InChI=1S/C19H25NO2/c1-3-4-5-14-22-19-10-6-16(7-11-19)15-20-17-8-12-18(21-2)13-9-17/h6-13,20H,3-5,14-15H2,1-2H3. The van der Waals surface area contributed by atoms with Crippen LogP contribution in [-0.4, -0.2) is 13.7 Å². The van der Waals surface area contributed by atoms with Gasteiger partial charge >= 0.3 is 0 Å². The summed E-state index contributed by atoms with van der Waals surface area (Å²) in [5, 5.41) is 3.40. The van der Waals surface area contributed by atoms with Crippen LogP contribution in [0.15, 0.2) is 48.5 Å². The molecule has 0 atom stereocenters. The highest BCUT2D eigenvalue weighted by Crippen LogP contribution is 2.17. The first-order valence-electron chi connectivity index (χ1n) is 7.91. The van der Waals surface area contributed by atoms with Crippen molar-refractivity contribution in [2.45, 2.75) is 32.7 Å². The highest BCUT2D eigenvalue weighted by atomic mass is 16.5. The number of hydrogen-bond donors (Lipinski definition) is 1. The summed E-state index contributed by atoms with van der Waals surface area (Å²) in [7, 11) is 1.67. The lowest BCUT2D eigenvalue weighted by Gasteiger charge is -2.09. The van der Waals surface area contributed by atoms with Crippen LogP contribution in [0, 0.1) is 0 Å². The molecule has 0 fully saturated rings. The predicted molar refractivity (Wildman–Crippen MR) is 91.8 cm³/mol. The Kier molecular flexibility index (Phi) is 6.62. The van der Waals surface area contributed by atoms with Gasteiger partial charge in [-0.2, -0.15) is 0 Å². The van der Waals surface area contributed by atoms with Gasteiger partial charge in [0.25, 0.3) is 0 Å². The lowest BCUT2D eigenvalue weighted by molar-refractivity contribution is 0.306. The number of anilines is 1. The summed E-state index contributed by atoms with van der Waals surface area (Å²) in [5.41, 5.74) is 2.32. The molecule has 0 aliphatic heterocycles. The Morgan fingerprint density at radius 1 is 0.864 bits per heavy atom. The Morgan fingerprint density at radius 2 is 1.55 bits per heavy atom. The molecule has 0 aliphatic carbocycles. The number of rotatable bonds is 9. The van der Waals surface area contributed by atoms with Gasteiger partial charge in [0.1, 0.15) is 11.5 Å². The van der Waals surface area contributed by atoms with E-state index >= 15 is 0 Å². The van der Waals surface area contributed by atoms with E-state index in [4.69, 9.17) is 9.47 Å². The predicted octanol–water partition coefficient (Wildman–Crippen LogP) is 4.88. The molecule has 0 aliphatic rings. The van der Waals surface area contributed by atoms with E-state index in [0.717, 1.165) is 36.8 Å². The number of unbranched alkanes of at least 4 members (excludes halogenated alkanes) is 2. The monoisotopic (exact) mass is 299 g/mol. The van der Waals surface area contributed by atoms with E-state index in [1.165, 1.54) is 18.4 Å². The van der Waals surface area contributed by atoms with E-state index in [9.17, 15) is 0 Å². The Bertz CT molecular complexity index is 534. The molecule has 0 radical (unpaired) electrons. The SMILES string of the molecule is CCCCCOc1ccc(CNc2ccc(OC)cc2)cc1. The molecule has 3 nitrogen and oxygen atoms in total. The van der Waals surface area contributed by atoms with E-state index in [1.807, 2.05) is 36.4 Å². The minimum atomic E-state index is 0.794. The highest BCUT2D eigenvalue weighted by molar-refractivity contribution is 5.46. The van der Waals surface area contributed by atoms with Crippen molar-refractivity contribution in [1.82, 2.24) is 0 Å². The van der Waals surface area contributed by atoms with Crippen molar-refractivity contribution < 1.29 is 9.47 Å². The fraction of sp³-hybridized carbons (Fsp3) is 0.368. The quantitative estimate of drug-likeness (QED) is 0.670. The van der Waals surface area contributed by atoms with Crippen LogP contribution in [0.3, 0.4) is 0 Å². The summed E-state index contributed by atoms with van der Waals surface area (Å²) in [5.74, 6) is 1.82. The Hall–Kier alpha value is -2.16. The van der Waals surface area contributed by atoms with Gasteiger partial charge in [0.05, 0.1) is 13.7 Å².